The highest BCUT2D eigenvalue weighted by atomic mass is 32.2. The Labute approximate surface area is 108 Å². The third-order valence-corrected chi connectivity index (χ3v) is 3.14. The Hall–Kier alpha value is -0.740. The highest BCUT2D eigenvalue weighted by Crippen LogP contribution is 2.18. The van der Waals surface area contributed by atoms with Crippen LogP contribution in [0.2, 0.25) is 0 Å². The van der Waals surface area contributed by atoms with E-state index in [9.17, 15) is 0 Å². The molecule has 0 saturated carbocycles. The number of ether oxygens (including phenoxy) is 1. The number of hydrogen-bond acceptors (Lipinski definition) is 4. The normalized spacial score (nSPS) is 12.5. The van der Waals surface area contributed by atoms with Gasteiger partial charge in [0.25, 0.3) is 0 Å². The molecule has 1 rings (SSSR count). The van der Waals surface area contributed by atoms with Crippen molar-refractivity contribution in [3.05, 3.63) is 23.5 Å². The molecule has 0 fully saturated rings. The molecule has 0 radical (unpaired) electrons. The van der Waals surface area contributed by atoms with Crippen LogP contribution in [0.25, 0.3) is 0 Å². The van der Waals surface area contributed by atoms with E-state index in [1.54, 1.807) is 0 Å². The molecular formula is C13H22N2OS. The smallest absolute Gasteiger partial charge is 0.140 e. The van der Waals surface area contributed by atoms with Crippen molar-refractivity contribution in [3.8, 4) is 5.75 Å². The second-order valence-electron chi connectivity index (χ2n) is 4.12. The summed E-state index contributed by atoms with van der Waals surface area (Å²) in [5.41, 5.74) is 7.80. The van der Waals surface area contributed by atoms with Gasteiger partial charge in [-0.05, 0) is 31.7 Å². The Morgan fingerprint density at radius 1 is 1.47 bits per heavy atom. The van der Waals surface area contributed by atoms with Crippen LogP contribution in [0.5, 0.6) is 5.75 Å². The minimum atomic E-state index is 0.108. The number of rotatable bonds is 7. The highest BCUT2D eigenvalue weighted by Gasteiger charge is 2.08. The molecule has 1 heterocycles. The topological polar surface area (TPSA) is 48.1 Å². The van der Waals surface area contributed by atoms with Gasteiger partial charge in [-0.15, -0.1) is 0 Å². The van der Waals surface area contributed by atoms with Crippen LogP contribution in [0.15, 0.2) is 12.1 Å². The van der Waals surface area contributed by atoms with E-state index in [-0.39, 0.29) is 6.04 Å². The molecule has 0 aliphatic heterocycles. The van der Waals surface area contributed by atoms with Crippen molar-refractivity contribution in [2.75, 3.05) is 18.1 Å². The average Bonchev–Trinajstić information content (AvgIpc) is 2.26. The van der Waals surface area contributed by atoms with E-state index >= 15 is 0 Å². The Bertz CT molecular complexity index is 342. The molecular weight excluding hydrogens is 232 g/mol. The molecule has 1 unspecified atom stereocenters. The van der Waals surface area contributed by atoms with Crippen molar-refractivity contribution in [3.63, 3.8) is 0 Å². The van der Waals surface area contributed by atoms with Crippen molar-refractivity contribution >= 4 is 11.8 Å². The van der Waals surface area contributed by atoms with Gasteiger partial charge in [0.05, 0.1) is 12.3 Å². The summed E-state index contributed by atoms with van der Waals surface area (Å²) in [7, 11) is 0. The summed E-state index contributed by atoms with van der Waals surface area (Å²) in [6, 6.07) is 4.08. The van der Waals surface area contributed by atoms with Gasteiger partial charge in [0, 0.05) is 23.9 Å². The van der Waals surface area contributed by atoms with E-state index in [0.717, 1.165) is 41.7 Å². The molecule has 0 aromatic carbocycles. The monoisotopic (exact) mass is 254 g/mol. The number of hydrogen-bond donors (Lipinski definition) is 1. The zero-order valence-corrected chi connectivity index (χ0v) is 11.7. The zero-order valence-electron chi connectivity index (χ0n) is 10.9. The molecule has 0 bridgehead atoms. The molecule has 2 N–H and O–H groups in total. The molecule has 96 valence electrons. The molecule has 0 aliphatic carbocycles. The summed E-state index contributed by atoms with van der Waals surface area (Å²) >= 11 is 1.88. The number of aryl methyl sites for hydroxylation is 1. The van der Waals surface area contributed by atoms with E-state index in [1.165, 1.54) is 0 Å². The van der Waals surface area contributed by atoms with Gasteiger partial charge in [0.1, 0.15) is 5.75 Å². The molecule has 4 heteroatoms. The SMILES string of the molecule is CCSCCOc1ccc(C)nc1CC(C)N. The molecule has 0 saturated heterocycles. The van der Waals surface area contributed by atoms with Gasteiger partial charge >= 0.3 is 0 Å². The largest absolute Gasteiger partial charge is 0.491 e. The van der Waals surface area contributed by atoms with Crippen molar-refractivity contribution in [1.82, 2.24) is 4.98 Å². The fraction of sp³-hybridized carbons (Fsp3) is 0.615. The van der Waals surface area contributed by atoms with Crippen LogP contribution in [0, 0.1) is 6.92 Å². The number of nitrogens with zero attached hydrogens (tertiary/aromatic N) is 1. The summed E-state index contributed by atoms with van der Waals surface area (Å²) in [6.07, 6.45) is 0.762. The predicted octanol–water partition coefficient (Wildman–Crippen LogP) is 2.41. The van der Waals surface area contributed by atoms with E-state index < -0.39 is 0 Å². The number of nitrogens with two attached hydrogens (primary N) is 1. The molecule has 1 atom stereocenters. The van der Waals surface area contributed by atoms with Crippen LogP contribution >= 0.6 is 11.8 Å². The van der Waals surface area contributed by atoms with E-state index in [4.69, 9.17) is 10.5 Å². The average molecular weight is 254 g/mol. The van der Waals surface area contributed by atoms with E-state index in [2.05, 4.69) is 11.9 Å². The fourth-order valence-corrected chi connectivity index (χ4v) is 2.03. The van der Waals surface area contributed by atoms with Gasteiger partial charge in [0.15, 0.2) is 0 Å². The maximum atomic E-state index is 5.82. The first-order valence-electron chi connectivity index (χ1n) is 6.06. The molecule has 1 aromatic rings. The quantitative estimate of drug-likeness (QED) is 0.759. The minimum Gasteiger partial charge on any atom is -0.491 e. The van der Waals surface area contributed by atoms with Gasteiger partial charge in [-0.1, -0.05) is 6.92 Å². The fourth-order valence-electron chi connectivity index (χ4n) is 1.54. The summed E-state index contributed by atoms with van der Waals surface area (Å²) in [4.78, 5) is 4.50. The van der Waals surface area contributed by atoms with Gasteiger partial charge < -0.3 is 10.5 Å². The van der Waals surface area contributed by atoms with Gasteiger partial charge in [-0.3, -0.25) is 4.98 Å². The van der Waals surface area contributed by atoms with Crippen LogP contribution < -0.4 is 10.5 Å². The van der Waals surface area contributed by atoms with Crippen LogP contribution in [0.1, 0.15) is 25.2 Å². The minimum absolute atomic E-state index is 0.108. The van der Waals surface area contributed by atoms with Crippen molar-refractivity contribution in [2.24, 2.45) is 5.73 Å². The lowest BCUT2D eigenvalue weighted by molar-refractivity contribution is 0.337. The molecule has 0 amide bonds. The second-order valence-corrected chi connectivity index (χ2v) is 5.52. The maximum Gasteiger partial charge on any atom is 0.140 e. The number of aromatic nitrogens is 1. The first-order valence-corrected chi connectivity index (χ1v) is 7.21. The van der Waals surface area contributed by atoms with Crippen LogP contribution in [0.3, 0.4) is 0 Å². The van der Waals surface area contributed by atoms with E-state index in [1.807, 2.05) is 37.7 Å². The Kier molecular flexibility index (Phi) is 6.37. The summed E-state index contributed by atoms with van der Waals surface area (Å²) in [6.45, 7) is 6.86. The van der Waals surface area contributed by atoms with Gasteiger partial charge in [-0.2, -0.15) is 11.8 Å². The van der Waals surface area contributed by atoms with Gasteiger partial charge in [0.2, 0.25) is 0 Å². The number of thioether (sulfide) groups is 1. The Morgan fingerprint density at radius 3 is 2.88 bits per heavy atom. The standard InChI is InChI=1S/C13H22N2OS/c1-4-17-8-7-16-13-6-5-11(3)15-12(13)9-10(2)14/h5-6,10H,4,7-9,14H2,1-3H3. The van der Waals surface area contributed by atoms with Crippen molar-refractivity contribution < 1.29 is 4.74 Å². The maximum absolute atomic E-state index is 5.82. The van der Waals surface area contributed by atoms with Crippen LogP contribution in [0.4, 0.5) is 0 Å². The third-order valence-electron chi connectivity index (χ3n) is 2.28. The molecule has 0 spiro atoms. The van der Waals surface area contributed by atoms with Crippen molar-refractivity contribution in [2.45, 2.75) is 33.2 Å². The highest BCUT2D eigenvalue weighted by molar-refractivity contribution is 7.99. The molecule has 3 nitrogen and oxygen atoms in total. The molecule has 0 aliphatic rings. The Morgan fingerprint density at radius 2 is 2.24 bits per heavy atom. The molecule has 17 heavy (non-hydrogen) atoms. The van der Waals surface area contributed by atoms with Crippen LogP contribution in [-0.2, 0) is 6.42 Å². The lowest BCUT2D eigenvalue weighted by Gasteiger charge is -2.12. The third kappa shape index (κ3) is 5.41. The Balaban J connectivity index is 2.62. The first kappa shape index (κ1) is 14.3. The van der Waals surface area contributed by atoms with Gasteiger partial charge in [-0.25, -0.2) is 0 Å². The molecule has 1 aromatic heterocycles. The summed E-state index contributed by atoms with van der Waals surface area (Å²) in [5.74, 6) is 3.02. The summed E-state index contributed by atoms with van der Waals surface area (Å²) in [5, 5.41) is 0. The zero-order chi connectivity index (χ0) is 12.7. The lowest BCUT2D eigenvalue weighted by atomic mass is 10.1. The lowest BCUT2D eigenvalue weighted by Crippen LogP contribution is -2.19. The first-order chi connectivity index (χ1) is 8.13. The predicted molar refractivity (Wildman–Crippen MR) is 74.8 cm³/mol. The van der Waals surface area contributed by atoms with E-state index in [0.29, 0.717) is 0 Å². The van der Waals surface area contributed by atoms with Crippen LogP contribution in [-0.4, -0.2) is 29.1 Å². The van der Waals surface area contributed by atoms with Crippen molar-refractivity contribution in [1.29, 1.82) is 0 Å². The number of pyridine rings is 1. The second kappa shape index (κ2) is 7.56. The summed E-state index contributed by atoms with van der Waals surface area (Å²) < 4.78 is 5.76.